The third-order valence-electron chi connectivity index (χ3n) is 4.99. The topological polar surface area (TPSA) is 114 Å². The molecule has 1 atom stereocenters. The van der Waals surface area contributed by atoms with E-state index in [9.17, 15) is 33.3 Å². The molecular weight excluding hydrogens is 507 g/mol. The van der Waals surface area contributed by atoms with Gasteiger partial charge in [-0.15, -0.1) is 0 Å². The molecule has 1 N–H and O–H groups in total. The van der Waals surface area contributed by atoms with Crippen molar-refractivity contribution in [2.24, 2.45) is 0 Å². The van der Waals surface area contributed by atoms with E-state index in [1.807, 2.05) is 6.07 Å². The highest BCUT2D eigenvalue weighted by Gasteiger charge is 2.33. The number of anilines is 1. The molecule has 3 rings (SSSR count). The number of fused-ring (bicyclic) bond motifs is 1. The lowest BCUT2D eigenvalue weighted by molar-refractivity contribution is -0.385. The summed E-state index contributed by atoms with van der Waals surface area (Å²) in [7, 11) is 0. The average molecular weight is 524 g/mol. The monoisotopic (exact) mass is 523 g/mol. The SMILES string of the molecule is CC(C)n1c(=O)c(Br)cc2c(N[C@H](C)c3cc([N+](=O)[O-])cc(C(F)(F)F)c3)ncc(C#N)c21. The van der Waals surface area contributed by atoms with Crippen LogP contribution in [0.2, 0.25) is 0 Å². The van der Waals surface area contributed by atoms with Crippen LogP contribution in [0.15, 0.2) is 39.7 Å². The average Bonchev–Trinajstić information content (AvgIpc) is 2.73. The lowest BCUT2D eigenvalue weighted by atomic mass is 10.0. The summed E-state index contributed by atoms with van der Waals surface area (Å²) in [6.07, 6.45) is -3.50. The van der Waals surface area contributed by atoms with E-state index in [1.54, 1.807) is 13.8 Å². The fourth-order valence-corrected chi connectivity index (χ4v) is 3.87. The lowest BCUT2D eigenvalue weighted by Crippen LogP contribution is -2.24. The third kappa shape index (κ3) is 4.68. The van der Waals surface area contributed by atoms with Gasteiger partial charge in [-0.1, -0.05) is 0 Å². The number of non-ortho nitro benzene ring substituents is 1. The van der Waals surface area contributed by atoms with Gasteiger partial charge in [0.25, 0.3) is 11.2 Å². The van der Waals surface area contributed by atoms with Crippen LogP contribution in [0.1, 0.15) is 49.5 Å². The Morgan fingerprint density at radius 1 is 1.24 bits per heavy atom. The Hall–Kier alpha value is -3.46. The van der Waals surface area contributed by atoms with Gasteiger partial charge in [0.1, 0.15) is 11.9 Å². The molecule has 0 bridgehead atoms. The van der Waals surface area contributed by atoms with Crippen LogP contribution in [0.5, 0.6) is 0 Å². The molecule has 0 saturated carbocycles. The summed E-state index contributed by atoms with van der Waals surface area (Å²) in [5.74, 6) is 0.201. The van der Waals surface area contributed by atoms with Crippen molar-refractivity contribution in [3.8, 4) is 6.07 Å². The van der Waals surface area contributed by atoms with Crippen molar-refractivity contribution < 1.29 is 18.1 Å². The zero-order valence-corrected chi connectivity index (χ0v) is 19.2. The summed E-state index contributed by atoms with van der Waals surface area (Å²) in [6.45, 7) is 5.07. The molecule has 0 aliphatic rings. The number of rotatable bonds is 5. The van der Waals surface area contributed by atoms with Crippen LogP contribution in [0.25, 0.3) is 10.9 Å². The van der Waals surface area contributed by atoms with Crippen LogP contribution in [-0.2, 0) is 6.18 Å². The van der Waals surface area contributed by atoms with Gasteiger partial charge in [0.15, 0.2) is 0 Å². The fraction of sp³-hybridized carbons (Fsp3) is 0.286. The predicted octanol–water partition coefficient (Wildman–Crippen LogP) is 5.71. The van der Waals surface area contributed by atoms with Gasteiger partial charge in [-0.05, 0) is 54.4 Å². The molecule has 2 heterocycles. The number of hydrogen-bond acceptors (Lipinski definition) is 6. The summed E-state index contributed by atoms with van der Waals surface area (Å²) in [5.41, 5.74) is -1.70. The largest absolute Gasteiger partial charge is 0.416 e. The zero-order chi connectivity index (χ0) is 24.7. The summed E-state index contributed by atoms with van der Waals surface area (Å²) >= 11 is 3.21. The van der Waals surface area contributed by atoms with Crippen molar-refractivity contribution in [3.63, 3.8) is 0 Å². The molecule has 33 heavy (non-hydrogen) atoms. The van der Waals surface area contributed by atoms with Gasteiger partial charge in [0.05, 0.1) is 32.1 Å². The predicted molar refractivity (Wildman–Crippen MR) is 119 cm³/mol. The van der Waals surface area contributed by atoms with Gasteiger partial charge in [0.2, 0.25) is 0 Å². The Balaban J connectivity index is 2.19. The normalized spacial score (nSPS) is 12.6. The number of aromatic nitrogens is 2. The van der Waals surface area contributed by atoms with E-state index in [0.717, 1.165) is 12.1 Å². The maximum Gasteiger partial charge on any atom is 0.416 e. The van der Waals surface area contributed by atoms with Gasteiger partial charge in [0, 0.05) is 29.8 Å². The van der Waals surface area contributed by atoms with Crippen LogP contribution >= 0.6 is 15.9 Å². The Bertz CT molecular complexity index is 1360. The molecule has 0 amide bonds. The van der Waals surface area contributed by atoms with E-state index in [-0.39, 0.29) is 33.0 Å². The van der Waals surface area contributed by atoms with Crippen molar-refractivity contribution in [1.29, 1.82) is 5.26 Å². The Labute approximate surface area is 193 Å². The van der Waals surface area contributed by atoms with Gasteiger partial charge in [-0.2, -0.15) is 18.4 Å². The second-order valence-corrected chi connectivity index (χ2v) is 8.44. The quantitative estimate of drug-likeness (QED) is 0.338. The van der Waals surface area contributed by atoms with Gasteiger partial charge < -0.3 is 9.88 Å². The summed E-state index contributed by atoms with van der Waals surface area (Å²) in [4.78, 5) is 27.2. The van der Waals surface area contributed by atoms with Gasteiger partial charge >= 0.3 is 6.18 Å². The second kappa shape index (κ2) is 8.82. The second-order valence-electron chi connectivity index (χ2n) is 7.59. The van der Waals surface area contributed by atoms with E-state index in [2.05, 4.69) is 26.2 Å². The highest BCUT2D eigenvalue weighted by molar-refractivity contribution is 9.10. The Morgan fingerprint density at radius 2 is 1.91 bits per heavy atom. The Morgan fingerprint density at radius 3 is 2.45 bits per heavy atom. The zero-order valence-electron chi connectivity index (χ0n) is 17.6. The number of nitrogens with one attached hydrogen (secondary N) is 1. The van der Waals surface area contributed by atoms with Crippen molar-refractivity contribution in [3.05, 3.63) is 72.1 Å². The molecule has 3 aromatic rings. The summed E-state index contributed by atoms with van der Waals surface area (Å²) in [6, 6.07) is 4.71. The number of nitriles is 1. The number of nitro benzene ring substituents is 1. The number of alkyl halides is 3. The van der Waals surface area contributed by atoms with E-state index in [0.29, 0.717) is 17.0 Å². The van der Waals surface area contributed by atoms with Gasteiger partial charge in [-0.25, -0.2) is 4.98 Å². The van der Waals surface area contributed by atoms with Crippen molar-refractivity contribution >= 4 is 38.3 Å². The number of nitro groups is 1. The minimum Gasteiger partial charge on any atom is -0.363 e. The summed E-state index contributed by atoms with van der Waals surface area (Å²) in [5, 5.41) is 24.1. The lowest BCUT2D eigenvalue weighted by Gasteiger charge is -2.20. The Kier molecular flexibility index (Phi) is 6.46. The number of hydrogen-bond donors (Lipinski definition) is 1. The highest BCUT2D eigenvalue weighted by Crippen LogP contribution is 2.35. The molecule has 8 nitrogen and oxygen atoms in total. The van der Waals surface area contributed by atoms with Crippen LogP contribution in [-0.4, -0.2) is 14.5 Å². The van der Waals surface area contributed by atoms with E-state index < -0.39 is 28.4 Å². The first-order valence-electron chi connectivity index (χ1n) is 9.62. The van der Waals surface area contributed by atoms with Gasteiger partial charge in [-0.3, -0.25) is 14.9 Å². The van der Waals surface area contributed by atoms with Crippen LogP contribution in [0.4, 0.5) is 24.7 Å². The van der Waals surface area contributed by atoms with E-state index >= 15 is 0 Å². The van der Waals surface area contributed by atoms with Crippen LogP contribution in [0.3, 0.4) is 0 Å². The highest BCUT2D eigenvalue weighted by atomic mass is 79.9. The first kappa shape index (κ1) is 24.2. The molecule has 0 radical (unpaired) electrons. The third-order valence-corrected chi connectivity index (χ3v) is 5.56. The number of halogens is 4. The van der Waals surface area contributed by atoms with Crippen molar-refractivity contribution in [1.82, 2.24) is 9.55 Å². The fourth-order valence-electron chi connectivity index (χ4n) is 3.45. The molecule has 0 unspecified atom stereocenters. The smallest absolute Gasteiger partial charge is 0.363 e. The van der Waals surface area contributed by atoms with E-state index in [4.69, 9.17) is 0 Å². The molecule has 0 fully saturated rings. The molecule has 0 saturated heterocycles. The van der Waals surface area contributed by atoms with E-state index in [1.165, 1.54) is 23.8 Å². The molecule has 1 aromatic carbocycles. The molecule has 0 spiro atoms. The first-order valence-corrected chi connectivity index (χ1v) is 10.4. The molecule has 2 aromatic heterocycles. The minimum atomic E-state index is -4.77. The number of pyridine rings is 2. The molecular formula is C21H17BrF3N5O3. The maximum atomic E-state index is 13.3. The number of benzene rings is 1. The standard InChI is InChI=1S/C21H17BrF3N5O3/c1-10(2)29-18-13(8-26)9-27-19(16(18)7-17(22)20(29)31)28-11(3)12-4-14(21(23,24)25)6-15(5-12)30(32)33/h4-7,9-11H,1-3H3,(H,27,28)/t11-/m1/s1. The maximum absolute atomic E-state index is 13.3. The minimum absolute atomic E-state index is 0.0204. The number of nitrogens with zero attached hydrogens (tertiary/aromatic N) is 4. The van der Waals surface area contributed by atoms with Crippen molar-refractivity contribution in [2.45, 2.75) is 39.0 Å². The molecule has 0 aliphatic heterocycles. The van der Waals surface area contributed by atoms with Crippen molar-refractivity contribution in [2.75, 3.05) is 5.32 Å². The first-order chi connectivity index (χ1) is 15.3. The summed E-state index contributed by atoms with van der Waals surface area (Å²) < 4.78 is 41.5. The molecule has 172 valence electrons. The van der Waals surface area contributed by atoms with Crippen LogP contribution in [0, 0.1) is 21.4 Å². The molecule has 12 heteroatoms. The molecule has 0 aliphatic carbocycles. The van der Waals surface area contributed by atoms with Crippen LogP contribution < -0.4 is 10.9 Å².